The molecule has 8 nitrogen and oxygen atoms in total. The number of carbonyl (C=O) groups excluding carboxylic acids is 2. The number of amides is 2. The number of fused-ring (bicyclic) bond motifs is 1. The van der Waals surface area contributed by atoms with Crippen LogP contribution in [0.4, 0.5) is 11.4 Å². The van der Waals surface area contributed by atoms with Crippen molar-refractivity contribution in [3.8, 4) is 0 Å². The SMILES string of the molecule is CS(=O)(=O)N1CCCc2ccc(NC(=O)C(=O)NCCO)cc21. The fourth-order valence-corrected chi connectivity index (χ4v) is 3.39. The van der Waals surface area contributed by atoms with Crippen LogP contribution >= 0.6 is 0 Å². The van der Waals surface area contributed by atoms with Crippen LogP contribution < -0.4 is 14.9 Å². The maximum Gasteiger partial charge on any atom is 0.313 e. The third-order valence-corrected chi connectivity index (χ3v) is 4.60. The number of aliphatic hydroxyl groups is 1. The van der Waals surface area contributed by atoms with E-state index in [2.05, 4.69) is 10.6 Å². The number of carbonyl (C=O) groups is 2. The summed E-state index contributed by atoms with van der Waals surface area (Å²) in [5.41, 5.74) is 1.74. The number of aliphatic hydroxyl groups excluding tert-OH is 1. The predicted octanol–water partition coefficient (Wildman–Crippen LogP) is -0.554. The van der Waals surface area contributed by atoms with Crippen LogP contribution in [0, 0.1) is 0 Å². The van der Waals surface area contributed by atoms with E-state index in [4.69, 9.17) is 5.11 Å². The summed E-state index contributed by atoms with van der Waals surface area (Å²) >= 11 is 0. The molecule has 126 valence electrons. The van der Waals surface area contributed by atoms with E-state index in [1.165, 1.54) is 4.31 Å². The van der Waals surface area contributed by atoms with Crippen molar-refractivity contribution < 1.29 is 23.1 Å². The molecule has 23 heavy (non-hydrogen) atoms. The fraction of sp³-hybridized carbons (Fsp3) is 0.429. The molecule has 0 bridgehead atoms. The van der Waals surface area contributed by atoms with Gasteiger partial charge in [-0.25, -0.2) is 8.42 Å². The van der Waals surface area contributed by atoms with Crippen molar-refractivity contribution in [2.24, 2.45) is 0 Å². The van der Waals surface area contributed by atoms with Gasteiger partial charge < -0.3 is 15.7 Å². The van der Waals surface area contributed by atoms with E-state index in [0.29, 0.717) is 17.9 Å². The molecule has 2 amide bonds. The summed E-state index contributed by atoms with van der Waals surface area (Å²) in [6, 6.07) is 4.92. The average Bonchev–Trinajstić information content (AvgIpc) is 2.50. The zero-order valence-electron chi connectivity index (χ0n) is 12.7. The molecule has 0 fully saturated rings. The third-order valence-electron chi connectivity index (χ3n) is 3.42. The highest BCUT2D eigenvalue weighted by molar-refractivity contribution is 7.92. The molecule has 1 aliphatic heterocycles. The van der Waals surface area contributed by atoms with Gasteiger partial charge in [-0.15, -0.1) is 0 Å². The monoisotopic (exact) mass is 341 g/mol. The Bertz CT molecular complexity index is 717. The van der Waals surface area contributed by atoms with Crippen LogP contribution in [0.15, 0.2) is 18.2 Å². The zero-order valence-corrected chi connectivity index (χ0v) is 13.5. The highest BCUT2D eigenvalue weighted by atomic mass is 32.2. The molecule has 1 aromatic rings. The Labute approximate surface area is 134 Å². The Balaban J connectivity index is 2.20. The minimum atomic E-state index is -3.40. The molecule has 0 atom stereocenters. The van der Waals surface area contributed by atoms with Crippen molar-refractivity contribution >= 4 is 33.2 Å². The zero-order chi connectivity index (χ0) is 17.0. The number of nitrogens with one attached hydrogen (secondary N) is 2. The van der Waals surface area contributed by atoms with Gasteiger partial charge in [0.1, 0.15) is 0 Å². The highest BCUT2D eigenvalue weighted by Gasteiger charge is 2.24. The van der Waals surface area contributed by atoms with Gasteiger partial charge in [0, 0.05) is 18.8 Å². The van der Waals surface area contributed by atoms with Crippen molar-refractivity contribution in [1.29, 1.82) is 0 Å². The Hall–Kier alpha value is -2.13. The Morgan fingerprint density at radius 2 is 2.04 bits per heavy atom. The van der Waals surface area contributed by atoms with Gasteiger partial charge in [-0.05, 0) is 30.5 Å². The fourth-order valence-electron chi connectivity index (χ4n) is 2.40. The van der Waals surface area contributed by atoms with E-state index >= 15 is 0 Å². The lowest BCUT2D eigenvalue weighted by Crippen LogP contribution is -2.37. The van der Waals surface area contributed by atoms with Crippen LogP contribution in [-0.2, 0) is 26.0 Å². The first-order valence-electron chi connectivity index (χ1n) is 7.13. The van der Waals surface area contributed by atoms with E-state index < -0.39 is 21.8 Å². The second kappa shape index (κ2) is 6.97. The molecule has 1 aliphatic rings. The number of benzene rings is 1. The summed E-state index contributed by atoms with van der Waals surface area (Å²) in [4.78, 5) is 23.2. The molecule has 2 rings (SSSR count). The molecule has 0 aromatic heterocycles. The minimum Gasteiger partial charge on any atom is -0.395 e. The van der Waals surface area contributed by atoms with E-state index in [-0.39, 0.29) is 13.2 Å². The van der Waals surface area contributed by atoms with Crippen LogP contribution in [0.5, 0.6) is 0 Å². The molecule has 0 unspecified atom stereocenters. The summed E-state index contributed by atoms with van der Waals surface area (Å²) in [5.74, 6) is -1.74. The van der Waals surface area contributed by atoms with Crippen molar-refractivity contribution in [2.45, 2.75) is 12.8 Å². The van der Waals surface area contributed by atoms with Crippen molar-refractivity contribution in [3.05, 3.63) is 23.8 Å². The summed E-state index contributed by atoms with van der Waals surface area (Å²) < 4.78 is 25.0. The first-order valence-corrected chi connectivity index (χ1v) is 8.98. The summed E-state index contributed by atoms with van der Waals surface area (Å²) in [6.45, 7) is 0.111. The van der Waals surface area contributed by atoms with Crippen LogP contribution in [-0.4, -0.2) is 51.3 Å². The lowest BCUT2D eigenvalue weighted by atomic mass is 10.0. The molecular weight excluding hydrogens is 322 g/mol. The molecule has 3 N–H and O–H groups in total. The second-order valence-corrected chi connectivity index (χ2v) is 7.12. The molecule has 1 aromatic carbocycles. The van der Waals surface area contributed by atoms with E-state index in [1.807, 2.05) is 0 Å². The van der Waals surface area contributed by atoms with Crippen molar-refractivity contribution in [3.63, 3.8) is 0 Å². The van der Waals surface area contributed by atoms with Crippen LogP contribution in [0.25, 0.3) is 0 Å². The van der Waals surface area contributed by atoms with Gasteiger partial charge in [0.05, 0.1) is 18.6 Å². The molecule has 0 aliphatic carbocycles. The average molecular weight is 341 g/mol. The molecule has 9 heteroatoms. The molecule has 0 saturated carbocycles. The summed E-state index contributed by atoms with van der Waals surface area (Å²) in [6.07, 6.45) is 2.62. The predicted molar refractivity (Wildman–Crippen MR) is 85.7 cm³/mol. The largest absolute Gasteiger partial charge is 0.395 e. The molecule has 1 heterocycles. The maximum atomic E-state index is 11.9. The smallest absolute Gasteiger partial charge is 0.313 e. The molecular formula is C14H19N3O5S. The lowest BCUT2D eigenvalue weighted by molar-refractivity contribution is -0.136. The van der Waals surface area contributed by atoms with E-state index in [9.17, 15) is 18.0 Å². The van der Waals surface area contributed by atoms with Crippen molar-refractivity contribution in [2.75, 3.05) is 35.6 Å². The molecule has 0 radical (unpaired) electrons. The second-order valence-electron chi connectivity index (χ2n) is 5.22. The van der Waals surface area contributed by atoms with Crippen LogP contribution in [0.3, 0.4) is 0 Å². The summed E-state index contributed by atoms with van der Waals surface area (Å²) in [5, 5.41) is 13.3. The van der Waals surface area contributed by atoms with Gasteiger partial charge >= 0.3 is 11.8 Å². The maximum absolute atomic E-state index is 11.9. The van der Waals surface area contributed by atoms with Crippen LogP contribution in [0.2, 0.25) is 0 Å². The van der Waals surface area contributed by atoms with Gasteiger partial charge in [0.2, 0.25) is 10.0 Å². The van der Waals surface area contributed by atoms with Gasteiger partial charge in [0.25, 0.3) is 0 Å². The summed E-state index contributed by atoms with van der Waals surface area (Å²) in [7, 11) is -3.40. The van der Waals surface area contributed by atoms with Gasteiger partial charge in [-0.2, -0.15) is 0 Å². The molecule has 0 spiro atoms. The number of rotatable bonds is 4. The van der Waals surface area contributed by atoms with Crippen LogP contribution in [0.1, 0.15) is 12.0 Å². The minimum absolute atomic E-state index is 0.0156. The number of sulfonamides is 1. The number of aryl methyl sites for hydroxylation is 1. The van der Waals surface area contributed by atoms with Gasteiger partial charge in [-0.3, -0.25) is 13.9 Å². The standard InChI is InChI=1S/C14H19N3O5S/c1-23(21,22)17-7-2-3-10-4-5-11(9-12(10)17)16-14(20)13(19)15-6-8-18/h4-5,9,18H,2-3,6-8H2,1H3,(H,15,19)(H,16,20). The topological polar surface area (TPSA) is 116 Å². The lowest BCUT2D eigenvalue weighted by Gasteiger charge is -2.29. The quantitative estimate of drug-likeness (QED) is 0.635. The Morgan fingerprint density at radius 3 is 2.70 bits per heavy atom. The highest BCUT2D eigenvalue weighted by Crippen LogP contribution is 2.31. The number of hydrogen-bond acceptors (Lipinski definition) is 5. The number of nitrogens with zero attached hydrogens (tertiary/aromatic N) is 1. The third kappa shape index (κ3) is 4.20. The van der Waals surface area contributed by atoms with E-state index in [1.54, 1.807) is 18.2 Å². The first-order chi connectivity index (χ1) is 10.8. The first kappa shape index (κ1) is 17.2. The number of hydrogen-bond donors (Lipinski definition) is 3. The Morgan fingerprint density at radius 1 is 1.30 bits per heavy atom. The number of anilines is 2. The normalized spacial score (nSPS) is 14.1. The van der Waals surface area contributed by atoms with Gasteiger partial charge in [0.15, 0.2) is 0 Å². The molecule has 0 saturated heterocycles. The Kier molecular flexibility index (Phi) is 5.22. The van der Waals surface area contributed by atoms with Gasteiger partial charge in [-0.1, -0.05) is 6.07 Å². The van der Waals surface area contributed by atoms with E-state index in [0.717, 1.165) is 24.7 Å². The van der Waals surface area contributed by atoms with Crippen molar-refractivity contribution in [1.82, 2.24) is 5.32 Å².